The highest BCUT2D eigenvalue weighted by atomic mass is 32.2. The molecule has 2 rings (SSSR count). The second kappa shape index (κ2) is 9.78. The quantitative estimate of drug-likeness (QED) is 0.653. The van der Waals surface area contributed by atoms with E-state index in [2.05, 4.69) is 11.4 Å². The van der Waals surface area contributed by atoms with Gasteiger partial charge in [0.1, 0.15) is 5.75 Å². The number of amides is 1. The summed E-state index contributed by atoms with van der Waals surface area (Å²) in [5.41, 5.74) is 2.74. The highest BCUT2D eigenvalue weighted by Gasteiger charge is 2.21. The summed E-state index contributed by atoms with van der Waals surface area (Å²) in [6.07, 6.45) is 8.65. The predicted molar refractivity (Wildman–Crippen MR) is 109 cm³/mol. The Hall–Kier alpha value is -2.02. The number of allylic oxidation sites excluding steroid dienone is 1. The Balaban J connectivity index is 1.94. The highest BCUT2D eigenvalue weighted by Crippen LogP contribution is 2.31. The van der Waals surface area contributed by atoms with Gasteiger partial charge in [0.2, 0.25) is 15.9 Å². The fourth-order valence-electron chi connectivity index (χ4n) is 3.21. The average molecular weight is 395 g/mol. The van der Waals surface area contributed by atoms with Crippen molar-refractivity contribution in [1.29, 1.82) is 0 Å². The van der Waals surface area contributed by atoms with Crippen molar-refractivity contribution < 1.29 is 17.9 Å². The number of methoxy groups -OCH3 is 1. The number of nitrogens with one attached hydrogen (secondary N) is 1. The summed E-state index contributed by atoms with van der Waals surface area (Å²) in [5, 5.41) is 2.94. The third-order valence-electron chi connectivity index (χ3n) is 4.67. The van der Waals surface area contributed by atoms with Crippen molar-refractivity contribution in [2.45, 2.75) is 45.4 Å². The van der Waals surface area contributed by atoms with E-state index in [1.54, 1.807) is 12.1 Å². The van der Waals surface area contributed by atoms with Gasteiger partial charge in [0.15, 0.2) is 0 Å². The van der Waals surface area contributed by atoms with Gasteiger partial charge in [0.25, 0.3) is 0 Å². The van der Waals surface area contributed by atoms with E-state index < -0.39 is 10.0 Å². The lowest BCUT2D eigenvalue weighted by molar-refractivity contribution is -0.120. The SMILES string of the molecule is COc1ccc(C)cc1N(CCCC(=O)NCC1=CCCCC1)S(C)(=O)=O. The Morgan fingerprint density at radius 3 is 2.70 bits per heavy atom. The maximum Gasteiger partial charge on any atom is 0.232 e. The normalized spacial score (nSPS) is 14.4. The van der Waals surface area contributed by atoms with Crippen LogP contribution in [-0.2, 0) is 14.8 Å². The number of ether oxygens (including phenoxy) is 1. The van der Waals surface area contributed by atoms with Crippen LogP contribution >= 0.6 is 0 Å². The number of nitrogens with zero attached hydrogens (tertiary/aromatic N) is 1. The second-order valence-corrected chi connectivity index (χ2v) is 8.91. The minimum Gasteiger partial charge on any atom is -0.495 e. The lowest BCUT2D eigenvalue weighted by atomic mass is 10.00. The van der Waals surface area contributed by atoms with Gasteiger partial charge in [0.05, 0.1) is 19.1 Å². The predicted octanol–water partition coefficient (Wildman–Crippen LogP) is 3.17. The fraction of sp³-hybridized carbons (Fsp3) is 0.550. The van der Waals surface area contributed by atoms with E-state index in [9.17, 15) is 13.2 Å². The van der Waals surface area contributed by atoms with Crippen LogP contribution in [0.15, 0.2) is 29.8 Å². The summed E-state index contributed by atoms with van der Waals surface area (Å²) in [5.74, 6) is 0.450. The van der Waals surface area contributed by atoms with Gasteiger partial charge in [-0.1, -0.05) is 17.7 Å². The molecular formula is C20H30N2O4S. The van der Waals surface area contributed by atoms with Crippen molar-refractivity contribution in [3.8, 4) is 5.75 Å². The largest absolute Gasteiger partial charge is 0.495 e. The van der Waals surface area contributed by atoms with Gasteiger partial charge in [-0.3, -0.25) is 9.10 Å². The molecule has 0 unspecified atom stereocenters. The minimum atomic E-state index is -3.48. The van der Waals surface area contributed by atoms with E-state index in [-0.39, 0.29) is 18.9 Å². The van der Waals surface area contributed by atoms with Gasteiger partial charge >= 0.3 is 0 Å². The zero-order chi connectivity index (χ0) is 19.9. The molecule has 0 aromatic heterocycles. The number of carbonyl (C=O) groups is 1. The summed E-state index contributed by atoms with van der Waals surface area (Å²) >= 11 is 0. The zero-order valence-electron chi connectivity index (χ0n) is 16.5. The maximum absolute atomic E-state index is 12.3. The highest BCUT2D eigenvalue weighted by molar-refractivity contribution is 7.92. The molecule has 0 bridgehead atoms. The number of sulfonamides is 1. The van der Waals surface area contributed by atoms with E-state index >= 15 is 0 Å². The number of rotatable bonds is 9. The molecular weight excluding hydrogens is 364 g/mol. The van der Waals surface area contributed by atoms with Gasteiger partial charge in [-0.15, -0.1) is 0 Å². The third kappa shape index (κ3) is 6.57. The van der Waals surface area contributed by atoms with E-state index in [0.29, 0.717) is 24.4 Å². The Kier molecular flexibility index (Phi) is 7.71. The van der Waals surface area contributed by atoms with Crippen LogP contribution in [0.25, 0.3) is 0 Å². The van der Waals surface area contributed by atoms with Crippen molar-refractivity contribution in [2.24, 2.45) is 0 Å². The standard InChI is InChI=1S/C20H30N2O4S/c1-16-11-12-19(26-2)18(14-16)22(27(3,24)25)13-7-10-20(23)21-15-17-8-5-4-6-9-17/h8,11-12,14H,4-7,9-10,13,15H2,1-3H3,(H,21,23). The molecule has 0 fully saturated rings. The molecule has 150 valence electrons. The van der Waals surface area contributed by atoms with Crippen molar-refractivity contribution >= 4 is 21.6 Å². The maximum atomic E-state index is 12.3. The molecule has 1 aromatic carbocycles. The van der Waals surface area contributed by atoms with Crippen molar-refractivity contribution in [3.63, 3.8) is 0 Å². The molecule has 0 saturated carbocycles. The molecule has 1 aliphatic rings. The van der Waals surface area contributed by atoms with Crippen LogP contribution in [0.2, 0.25) is 0 Å². The molecule has 0 aliphatic heterocycles. The lowest BCUT2D eigenvalue weighted by Crippen LogP contribution is -2.32. The van der Waals surface area contributed by atoms with Crippen molar-refractivity contribution in [1.82, 2.24) is 5.32 Å². The molecule has 1 amide bonds. The van der Waals surface area contributed by atoms with Gasteiger partial charge in [-0.05, 0) is 56.7 Å². The number of hydrogen-bond donors (Lipinski definition) is 1. The van der Waals surface area contributed by atoms with E-state index in [1.807, 2.05) is 13.0 Å². The first-order valence-electron chi connectivity index (χ1n) is 9.38. The van der Waals surface area contributed by atoms with Crippen LogP contribution in [0.4, 0.5) is 5.69 Å². The van der Waals surface area contributed by atoms with E-state index in [0.717, 1.165) is 18.4 Å². The molecule has 1 aromatic rings. The molecule has 0 radical (unpaired) electrons. The van der Waals surface area contributed by atoms with E-state index in [1.165, 1.54) is 36.1 Å². The first kappa shape index (κ1) is 21.3. The summed E-state index contributed by atoms with van der Waals surface area (Å²) in [4.78, 5) is 12.1. The smallest absolute Gasteiger partial charge is 0.232 e. The molecule has 1 N–H and O–H groups in total. The van der Waals surface area contributed by atoms with Crippen LogP contribution in [0.1, 0.15) is 44.1 Å². The van der Waals surface area contributed by atoms with Crippen LogP contribution in [0.5, 0.6) is 5.75 Å². The topological polar surface area (TPSA) is 75.7 Å². The molecule has 7 heteroatoms. The molecule has 0 heterocycles. The monoisotopic (exact) mass is 394 g/mol. The first-order chi connectivity index (χ1) is 12.8. The summed E-state index contributed by atoms with van der Waals surface area (Å²) in [7, 11) is -1.97. The molecule has 6 nitrogen and oxygen atoms in total. The second-order valence-electron chi connectivity index (χ2n) is 7.00. The van der Waals surface area contributed by atoms with Crippen LogP contribution in [0.3, 0.4) is 0 Å². The number of hydrogen-bond acceptors (Lipinski definition) is 4. The van der Waals surface area contributed by atoms with Gasteiger partial charge in [-0.25, -0.2) is 8.42 Å². The number of anilines is 1. The Bertz CT molecular complexity index is 787. The van der Waals surface area contributed by atoms with Crippen molar-refractivity contribution in [2.75, 3.05) is 30.8 Å². The number of aryl methyl sites for hydroxylation is 1. The van der Waals surface area contributed by atoms with Gasteiger partial charge in [0, 0.05) is 19.5 Å². The Labute approximate surface area is 162 Å². The van der Waals surface area contributed by atoms with E-state index in [4.69, 9.17) is 4.74 Å². The molecule has 1 aliphatic carbocycles. The third-order valence-corrected chi connectivity index (χ3v) is 5.85. The minimum absolute atomic E-state index is 0.0499. The number of carbonyl (C=O) groups excluding carboxylic acids is 1. The fourth-order valence-corrected chi connectivity index (χ4v) is 4.17. The van der Waals surface area contributed by atoms with Crippen LogP contribution < -0.4 is 14.4 Å². The zero-order valence-corrected chi connectivity index (χ0v) is 17.3. The van der Waals surface area contributed by atoms with Crippen LogP contribution in [0, 0.1) is 6.92 Å². The summed E-state index contributed by atoms with van der Waals surface area (Å²) in [6, 6.07) is 5.42. The van der Waals surface area contributed by atoms with Crippen molar-refractivity contribution in [3.05, 3.63) is 35.4 Å². The van der Waals surface area contributed by atoms with Gasteiger partial charge < -0.3 is 10.1 Å². The molecule has 0 spiro atoms. The Morgan fingerprint density at radius 2 is 2.07 bits per heavy atom. The Morgan fingerprint density at radius 1 is 1.30 bits per heavy atom. The molecule has 27 heavy (non-hydrogen) atoms. The molecule has 0 atom stereocenters. The summed E-state index contributed by atoms with van der Waals surface area (Å²) in [6.45, 7) is 2.73. The first-order valence-corrected chi connectivity index (χ1v) is 11.2. The molecule has 0 saturated heterocycles. The average Bonchev–Trinajstić information content (AvgIpc) is 2.63. The lowest BCUT2D eigenvalue weighted by Gasteiger charge is -2.24. The van der Waals surface area contributed by atoms with Crippen LogP contribution in [-0.4, -0.2) is 40.8 Å². The number of benzene rings is 1. The summed E-state index contributed by atoms with van der Waals surface area (Å²) < 4.78 is 31.2. The van der Waals surface area contributed by atoms with Gasteiger partial charge in [-0.2, -0.15) is 0 Å².